The first-order chi connectivity index (χ1) is 12.5. The fourth-order valence-electron chi connectivity index (χ4n) is 3.17. The maximum absolute atomic E-state index is 14.1. The lowest BCUT2D eigenvalue weighted by molar-refractivity contribution is -0.150. The van der Waals surface area contributed by atoms with Crippen LogP contribution < -0.4 is 0 Å². The second-order valence-corrected chi connectivity index (χ2v) is 6.58. The van der Waals surface area contributed by atoms with Gasteiger partial charge in [-0.05, 0) is 24.8 Å². The van der Waals surface area contributed by atoms with Gasteiger partial charge in [0.05, 0.1) is 6.54 Å². The fourth-order valence-corrected chi connectivity index (χ4v) is 3.17. The van der Waals surface area contributed by atoms with Gasteiger partial charge in [-0.15, -0.1) is 0 Å². The van der Waals surface area contributed by atoms with E-state index >= 15 is 0 Å². The van der Waals surface area contributed by atoms with Gasteiger partial charge in [0.15, 0.2) is 6.17 Å². The van der Waals surface area contributed by atoms with Crippen LogP contribution >= 0.6 is 0 Å². The summed E-state index contributed by atoms with van der Waals surface area (Å²) in [6, 6.07) is 4.78. The standard InChI is InChI=1S/C18H19F6NO2/c1-10(26)25-9-14(19)13(15(20)17(25)21)4-2-3-11-5-7-12(8-6-11)16(27)18(22,23)24/h5-8,13-15,17H,2-4,9H2,1H3. The lowest BCUT2D eigenvalue weighted by atomic mass is 9.87. The zero-order valence-electron chi connectivity index (χ0n) is 14.5. The van der Waals surface area contributed by atoms with Crippen molar-refractivity contribution >= 4 is 11.7 Å². The Bertz CT molecular complexity index is 675. The first-order valence-corrected chi connectivity index (χ1v) is 8.42. The number of piperidine rings is 1. The van der Waals surface area contributed by atoms with Crippen molar-refractivity contribution in [2.75, 3.05) is 6.54 Å². The highest BCUT2D eigenvalue weighted by Gasteiger charge is 2.45. The molecular formula is C18H19F6NO2. The minimum Gasteiger partial charge on any atom is -0.307 e. The number of likely N-dealkylation sites (tertiary alicyclic amines) is 1. The van der Waals surface area contributed by atoms with Gasteiger partial charge in [-0.3, -0.25) is 9.59 Å². The molecule has 0 aliphatic carbocycles. The molecule has 4 unspecified atom stereocenters. The predicted octanol–water partition coefficient (Wildman–Crippen LogP) is 4.20. The Morgan fingerprint density at radius 3 is 2.22 bits per heavy atom. The van der Waals surface area contributed by atoms with Gasteiger partial charge in [-0.1, -0.05) is 24.3 Å². The van der Waals surface area contributed by atoms with Crippen LogP contribution in [0.1, 0.15) is 35.7 Å². The Hall–Kier alpha value is -2.06. The largest absolute Gasteiger partial charge is 0.454 e. The number of ketones is 1. The van der Waals surface area contributed by atoms with Crippen molar-refractivity contribution in [3.05, 3.63) is 35.4 Å². The molecule has 0 aromatic heterocycles. The van der Waals surface area contributed by atoms with Gasteiger partial charge in [-0.25, -0.2) is 13.2 Å². The molecule has 0 saturated carbocycles. The number of nitrogens with zero attached hydrogens (tertiary/aromatic N) is 1. The molecule has 9 heteroatoms. The number of aryl methyl sites for hydroxylation is 1. The molecule has 0 N–H and O–H groups in total. The molecule has 1 amide bonds. The smallest absolute Gasteiger partial charge is 0.307 e. The summed E-state index contributed by atoms with van der Waals surface area (Å²) in [5.74, 6) is -3.87. The van der Waals surface area contributed by atoms with E-state index in [0.717, 1.165) is 19.1 Å². The number of benzene rings is 1. The van der Waals surface area contributed by atoms with Crippen LogP contribution in [-0.2, 0) is 11.2 Å². The summed E-state index contributed by atoms with van der Waals surface area (Å²) in [5, 5.41) is 0. The Kier molecular flexibility index (Phi) is 6.54. The second-order valence-electron chi connectivity index (χ2n) is 6.58. The molecule has 1 heterocycles. The van der Waals surface area contributed by atoms with E-state index in [-0.39, 0.29) is 12.8 Å². The number of amides is 1. The maximum Gasteiger partial charge on any atom is 0.454 e. The highest BCUT2D eigenvalue weighted by molar-refractivity contribution is 6.00. The maximum atomic E-state index is 14.1. The number of carbonyl (C=O) groups is 2. The van der Waals surface area contributed by atoms with Crippen LogP contribution in [0.15, 0.2) is 24.3 Å². The Morgan fingerprint density at radius 1 is 1.11 bits per heavy atom. The van der Waals surface area contributed by atoms with Crippen LogP contribution in [0.25, 0.3) is 0 Å². The topological polar surface area (TPSA) is 37.4 Å². The molecule has 0 bridgehead atoms. The van der Waals surface area contributed by atoms with E-state index in [2.05, 4.69) is 0 Å². The number of hydrogen-bond acceptors (Lipinski definition) is 2. The van der Waals surface area contributed by atoms with Crippen molar-refractivity contribution in [1.29, 1.82) is 0 Å². The van der Waals surface area contributed by atoms with Crippen LogP contribution in [0.3, 0.4) is 0 Å². The van der Waals surface area contributed by atoms with Crippen LogP contribution in [0.2, 0.25) is 0 Å². The quantitative estimate of drug-likeness (QED) is 0.426. The van der Waals surface area contributed by atoms with Crippen molar-refractivity contribution in [3.8, 4) is 0 Å². The summed E-state index contributed by atoms with van der Waals surface area (Å²) in [6.45, 7) is 0.537. The number of carbonyl (C=O) groups excluding carboxylic acids is 2. The van der Waals surface area contributed by atoms with Crippen molar-refractivity contribution in [2.24, 2.45) is 5.92 Å². The van der Waals surface area contributed by atoms with Gasteiger partial charge in [0, 0.05) is 18.4 Å². The zero-order valence-corrected chi connectivity index (χ0v) is 14.5. The molecule has 1 fully saturated rings. The average Bonchev–Trinajstić information content (AvgIpc) is 2.60. The molecule has 27 heavy (non-hydrogen) atoms. The van der Waals surface area contributed by atoms with Gasteiger partial charge in [0.25, 0.3) is 5.78 Å². The molecule has 1 aromatic rings. The van der Waals surface area contributed by atoms with Crippen LogP contribution in [0, 0.1) is 5.92 Å². The summed E-state index contributed by atoms with van der Waals surface area (Å²) in [7, 11) is 0. The van der Waals surface area contributed by atoms with Crippen LogP contribution in [0.4, 0.5) is 26.3 Å². The second kappa shape index (κ2) is 8.31. The lowest BCUT2D eigenvalue weighted by Crippen LogP contribution is -2.55. The van der Waals surface area contributed by atoms with Gasteiger partial charge < -0.3 is 4.90 Å². The third-order valence-corrected chi connectivity index (χ3v) is 4.69. The van der Waals surface area contributed by atoms with Gasteiger partial charge in [-0.2, -0.15) is 13.2 Å². The van der Waals surface area contributed by atoms with Crippen molar-refractivity contribution in [2.45, 2.75) is 51.0 Å². The SMILES string of the molecule is CC(=O)N1CC(F)C(CCCc2ccc(C(=O)C(F)(F)F)cc2)C(F)C1F. The van der Waals surface area contributed by atoms with E-state index in [4.69, 9.17) is 0 Å². The first kappa shape index (κ1) is 21.2. The normalized spacial score (nSPS) is 26.1. The molecule has 1 saturated heterocycles. The van der Waals surface area contributed by atoms with Crippen molar-refractivity contribution < 1.29 is 35.9 Å². The Balaban J connectivity index is 1.91. The number of hydrogen-bond donors (Lipinski definition) is 0. The third-order valence-electron chi connectivity index (χ3n) is 4.69. The Morgan fingerprint density at radius 2 is 1.70 bits per heavy atom. The molecule has 4 atom stereocenters. The number of halogens is 6. The number of rotatable bonds is 5. The van der Waals surface area contributed by atoms with Gasteiger partial charge in [0.2, 0.25) is 12.2 Å². The number of Topliss-reactive ketones (excluding diaryl/α,β-unsaturated/α-hetero) is 1. The third kappa shape index (κ3) is 5.01. The molecule has 1 aliphatic heterocycles. The average molecular weight is 395 g/mol. The fraction of sp³-hybridized carbons (Fsp3) is 0.556. The summed E-state index contributed by atoms with van der Waals surface area (Å²) < 4.78 is 79.2. The number of alkyl halides is 6. The van der Waals surface area contributed by atoms with Crippen molar-refractivity contribution in [3.63, 3.8) is 0 Å². The highest BCUT2D eigenvalue weighted by atomic mass is 19.4. The monoisotopic (exact) mass is 395 g/mol. The summed E-state index contributed by atoms with van der Waals surface area (Å²) in [4.78, 5) is 22.8. The van der Waals surface area contributed by atoms with E-state index in [1.807, 2.05) is 0 Å². The van der Waals surface area contributed by atoms with Gasteiger partial charge >= 0.3 is 6.18 Å². The summed E-state index contributed by atoms with van der Waals surface area (Å²) >= 11 is 0. The predicted molar refractivity (Wildman–Crippen MR) is 85.3 cm³/mol. The minimum absolute atomic E-state index is 0.0255. The Labute approximate surface area is 152 Å². The summed E-state index contributed by atoms with van der Waals surface area (Å²) in [6.07, 6.45) is -10.4. The molecule has 150 valence electrons. The van der Waals surface area contributed by atoms with E-state index < -0.39 is 54.5 Å². The zero-order chi connectivity index (χ0) is 20.4. The molecule has 1 aliphatic rings. The lowest BCUT2D eigenvalue weighted by Gasteiger charge is -2.39. The van der Waals surface area contributed by atoms with Gasteiger partial charge in [0.1, 0.15) is 6.17 Å². The molecule has 0 radical (unpaired) electrons. The van der Waals surface area contributed by atoms with Crippen molar-refractivity contribution in [1.82, 2.24) is 4.90 Å². The molecule has 3 nitrogen and oxygen atoms in total. The van der Waals surface area contributed by atoms with Crippen LogP contribution in [-0.4, -0.2) is 48.0 Å². The molecule has 2 rings (SSSR count). The van der Waals surface area contributed by atoms with E-state index in [0.29, 0.717) is 16.9 Å². The highest BCUT2D eigenvalue weighted by Crippen LogP contribution is 2.33. The summed E-state index contributed by atoms with van der Waals surface area (Å²) in [5.41, 5.74) is 0.105. The van der Waals surface area contributed by atoms with E-state index in [9.17, 15) is 35.9 Å². The molecule has 1 aromatic carbocycles. The molecular weight excluding hydrogens is 376 g/mol. The first-order valence-electron chi connectivity index (χ1n) is 8.42. The van der Waals surface area contributed by atoms with Crippen LogP contribution in [0.5, 0.6) is 0 Å². The van der Waals surface area contributed by atoms with E-state index in [1.165, 1.54) is 12.1 Å². The minimum atomic E-state index is -4.95. The van der Waals surface area contributed by atoms with E-state index in [1.54, 1.807) is 0 Å². The molecule has 0 spiro atoms.